The van der Waals surface area contributed by atoms with Crippen molar-refractivity contribution in [2.45, 2.75) is 33.7 Å². The summed E-state index contributed by atoms with van der Waals surface area (Å²) in [6, 6.07) is 5.73. The zero-order chi connectivity index (χ0) is 15.6. The first-order chi connectivity index (χ1) is 9.92. The van der Waals surface area contributed by atoms with Gasteiger partial charge in [0.05, 0.1) is 10.7 Å². The summed E-state index contributed by atoms with van der Waals surface area (Å²) < 4.78 is 2.77. The van der Waals surface area contributed by atoms with Crippen LogP contribution in [0.2, 0.25) is 5.02 Å². The molecule has 0 unspecified atom stereocenters. The maximum Gasteiger partial charge on any atom is 0.272 e. The first kappa shape index (κ1) is 16.1. The summed E-state index contributed by atoms with van der Waals surface area (Å²) in [7, 11) is 0. The molecule has 0 saturated carbocycles. The van der Waals surface area contributed by atoms with Crippen LogP contribution in [-0.2, 0) is 6.54 Å². The van der Waals surface area contributed by atoms with Crippen molar-refractivity contribution < 1.29 is 4.79 Å². The zero-order valence-corrected chi connectivity index (χ0v) is 14.7. The molecular weight excluding hydrogens is 352 g/mol. The molecule has 2 rings (SSSR count). The standard InChI is InChI=1S/C16H18BrClN2O/c1-4-5-20-9-12(18)8-14(20)16(21)19-15-11(3)6-10(2)7-13(15)17/h6-9H,4-5H2,1-3H3,(H,19,21). The molecule has 0 fully saturated rings. The highest BCUT2D eigenvalue weighted by Gasteiger charge is 2.15. The predicted molar refractivity (Wildman–Crippen MR) is 91.3 cm³/mol. The molecule has 0 aliphatic rings. The van der Waals surface area contributed by atoms with Crippen LogP contribution in [-0.4, -0.2) is 10.5 Å². The number of carbonyl (C=O) groups is 1. The minimum Gasteiger partial charge on any atom is -0.342 e. The van der Waals surface area contributed by atoms with Crippen molar-refractivity contribution in [2.75, 3.05) is 5.32 Å². The number of hydrogen-bond donors (Lipinski definition) is 1. The molecule has 1 amide bonds. The van der Waals surface area contributed by atoms with Gasteiger partial charge < -0.3 is 9.88 Å². The molecule has 3 nitrogen and oxygen atoms in total. The highest BCUT2D eigenvalue weighted by molar-refractivity contribution is 9.10. The normalized spacial score (nSPS) is 10.7. The Kier molecular flexibility index (Phi) is 5.12. The van der Waals surface area contributed by atoms with E-state index in [0.29, 0.717) is 10.7 Å². The van der Waals surface area contributed by atoms with Gasteiger partial charge in [-0.15, -0.1) is 0 Å². The Labute approximate surface area is 138 Å². The third-order valence-electron chi connectivity index (χ3n) is 3.23. The molecule has 1 aromatic carbocycles. The molecule has 0 saturated heterocycles. The van der Waals surface area contributed by atoms with Gasteiger partial charge in [-0.25, -0.2) is 0 Å². The first-order valence-electron chi connectivity index (χ1n) is 6.86. The second kappa shape index (κ2) is 6.67. The number of amides is 1. The fourth-order valence-electron chi connectivity index (χ4n) is 2.34. The predicted octanol–water partition coefficient (Wildman–Crippen LogP) is 5.18. The number of rotatable bonds is 4. The topological polar surface area (TPSA) is 34.0 Å². The molecule has 1 aromatic heterocycles. The van der Waals surface area contributed by atoms with Crippen molar-refractivity contribution in [3.05, 3.63) is 50.7 Å². The molecule has 0 spiro atoms. The van der Waals surface area contributed by atoms with Gasteiger partial charge in [0.25, 0.3) is 5.91 Å². The van der Waals surface area contributed by atoms with E-state index in [1.165, 1.54) is 0 Å². The Morgan fingerprint density at radius 3 is 2.67 bits per heavy atom. The molecule has 5 heteroatoms. The summed E-state index contributed by atoms with van der Waals surface area (Å²) in [5.74, 6) is -0.150. The molecule has 0 aliphatic heterocycles. The van der Waals surface area contributed by atoms with E-state index < -0.39 is 0 Å². The summed E-state index contributed by atoms with van der Waals surface area (Å²) in [5.41, 5.74) is 3.55. The van der Waals surface area contributed by atoms with E-state index in [1.807, 2.05) is 30.5 Å². The number of hydrogen-bond acceptors (Lipinski definition) is 1. The van der Waals surface area contributed by atoms with Crippen LogP contribution in [0.4, 0.5) is 5.69 Å². The summed E-state index contributed by atoms with van der Waals surface area (Å²) in [5, 5.41) is 3.55. The molecule has 0 atom stereocenters. The molecule has 1 N–H and O–H groups in total. The van der Waals surface area contributed by atoms with Gasteiger partial charge in [0.15, 0.2) is 0 Å². The van der Waals surface area contributed by atoms with Crippen molar-refractivity contribution in [1.82, 2.24) is 4.57 Å². The first-order valence-corrected chi connectivity index (χ1v) is 8.03. The van der Waals surface area contributed by atoms with E-state index >= 15 is 0 Å². The third-order valence-corrected chi connectivity index (χ3v) is 4.06. The van der Waals surface area contributed by atoms with Gasteiger partial charge in [0.2, 0.25) is 0 Å². The number of halogens is 2. The maximum absolute atomic E-state index is 12.5. The monoisotopic (exact) mass is 368 g/mol. The second-order valence-electron chi connectivity index (χ2n) is 5.13. The minimum absolute atomic E-state index is 0.150. The Morgan fingerprint density at radius 2 is 2.05 bits per heavy atom. The lowest BCUT2D eigenvalue weighted by atomic mass is 10.1. The molecule has 0 aliphatic carbocycles. The number of nitrogens with zero attached hydrogens (tertiary/aromatic N) is 1. The number of carbonyl (C=O) groups excluding carboxylic acids is 1. The van der Waals surface area contributed by atoms with Crippen LogP contribution in [0.15, 0.2) is 28.9 Å². The lowest BCUT2D eigenvalue weighted by Crippen LogP contribution is -2.17. The van der Waals surface area contributed by atoms with Crippen molar-refractivity contribution in [1.29, 1.82) is 0 Å². The molecule has 2 aromatic rings. The van der Waals surface area contributed by atoms with E-state index in [0.717, 1.165) is 34.3 Å². The highest BCUT2D eigenvalue weighted by atomic mass is 79.9. The van der Waals surface area contributed by atoms with Crippen LogP contribution in [0.5, 0.6) is 0 Å². The van der Waals surface area contributed by atoms with Crippen molar-refractivity contribution in [3.63, 3.8) is 0 Å². The van der Waals surface area contributed by atoms with Gasteiger partial charge in [0.1, 0.15) is 5.69 Å². The zero-order valence-electron chi connectivity index (χ0n) is 12.3. The fourth-order valence-corrected chi connectivity index (χ4v) is 3.34. The van der Waals surface area contributed by atoms with Crippen LogP contribution in [0, 0.1) is 13.8 Å². The van der Waals surface area contributed by atoms with Crippen LogP contribution >= 0.6 is 27.5 Å². The van der Waals surface area contributed by atoms with Gasteiger partial charge in [-0.2, -0.15) is 0 Å². The molecule has 0 radical (unpaired) electrons. The lowest BCUT2D eigenvalue weighted by molar-refractivity contribution is 0.101. The Balaban J connectivity index is 2.30. The molecule has 1 heterocycles. The van der Waals surface area contributed by atoms with Gasteiger partial charge in [-0.1, -0.05) is 24.6 Å². The smallest absolute Gasteiger partial charge is 0.272 e. The fraction of sp³-hybridized carbons (Fsp3) is 0.312. The Bertz CT molecular complexity index is 656. The summed E-state index contributed by atoms with van der Waals surface area (Å²) in [6.45, 7) is 6.83. The number of benzene rings is 1. The van der Waals surface area contributed by atoms with E-state index in [1.54, 1.807) is 12.3 Å². The highest BCUT2D eigenvalue weighted by Crippen LogP contribution is 2.28. The van der Waals surface area contributed by atoms with E-state index in [4.69, 9.17) is 11.6 Å². The third kappa shape index (κ3) is 3.69. The van der Waals surface area contributed by atoms with E-state index in [2.05, 4.69) is 28.2 Å². The number of aromatic nitrogens is 1. The van der Waals surface area contributed by atoms with Crippen LogP contribution < -0.4 is 5.32 Å². The number of anilines is 1. The molecule has 112 valence electrons. The quantitative estimate of drug-likeness (QED) is 0.791. The SMILES string of the molecule is CCCn1cc(Cl)cc1C(=O)Nc1c(C)cc(C)cc1Br. The van der Waals surface area contributed by atoms with E-state index in [-0.39, 0.29) is 5.91 Å². The Morgan fingerprint density at radius 1 is 1.33 bits per heavy atom. The van der Waals surface area contributed by atoms with E-state index in [9.17, 15) is 4.79 Å². The number of aryl methyl sites for hydroxylation is 3. The van der Waals surface area contributed by atoms with Gasteiger partial charge >= 0.3 is 0 Å². The van der Waals surface area contributed by atoms with Gasteiger partial charge in [0, 0.05) is 17.2 Å². The largest absolute Gasteiger partial charge is 0.342 e. The molecule has 0 bridgehead atoms. The molecular formula is C16H18BrClN2O. The summed E-state index contributed by atoms with van der Waals surface area (Å²) in [6.07, 6.45) is 2.73. The van der Waals surface area contributed by atoms with Crippen LogP contribution in [0.25, 0.3) is 0 Å². The summed E-state index contributed by atoms with van der Waals surface area (Å²) >= 11 is 9.53. The van der Waals surface area contributed by atoms with Crippen LogP contribution in [0.3, 0.4) is 0 Å². The number of nitrogens with one attached hydrogen (secondary N) is 1. The van der Waals surface area contributed by atoms with Gasteiger partial charge in [-0.05, 0) is 59.5 Å². The Hall–Kier alpha value is -1.26. The average Bonchev–Trinajstić information content (AvgIpc) is 2.75. The molecule has 21 heavy (non-hydrogen) atoms. The van der Waals surface area contributed by atoms with Crippen molar-refractivity contribution in [2.24, 2.45) is 0 Å². The van der Waals surface area contributed by atoms with Crippen molar-refractivity contribution in [3.8, 4) is 0 Å². The van der Waals surface area contributed by atoms with Crippen molar-refractivity contribution >= 4 is 39.1 Å². The maximum atomic E-state index is 12.5. The lowest BCUT2D eigenvalue weighted by Gasteiger charge is -2.13. The second-order valence-corrected chi connectivity index (χ2v) is 6.42. The summed E-state index contributed by atoms with van der Waals surface area (Å²) in [4.78, 5) is 12.5. The van der Waals surface area contributed by atoms with Gasteiger partial charge in [-0.3, -0.25) is 4.79 Å². The average molecular weight is 370 g/mol. The minimum atomic E-state index is -0.150. The van der Waals surface area contributed by atoms with Crippen LogP contribution in [0.1, 0.15) is 35.0 Å².